The van der Waals surface area contributed by atoms with Gasteiger partial charge in [0.1, 0.15) is 12.0 Å². The second-order valence-corrected chi connectivity index (χ2v) is 8.23. The molecule has 29 heavy (non-hydrogen) atoms. The number of imidazole rings is 1. The van der Waals surface area contributed by atoms with Crippen LogP contribution in [0.3, 0.4) is 0 Å². The van der Waals surface area contributed by atoms with Crippen LogP contribution in [-0.4, -0.2) is 19.4 Å². The fourth-order valence-electron chi connectivity index (χ4n) is 4.39. The fraction of sp³-hybridized carbons (Fsp3) is 0.240. The summed E-state index contributed by atoms with van der Waals surface area (Å²) in [4.78, 5) is 13.9. The molecule has 0 unspecified atom stereocenters. The molecule has 2 aromatic carbocycles. The van der Waals surface area contributed by atoms with E-state index in [2.05, 4.69) is 84.5 Å². The summed E-state index contributed by atoms with van der Waals surface area (Å²) in [6.07, 6.45) is 5.54. The minimum Gasteiger partial charge on any atom is -0.289 e. The second-order valence-electron chi connectivity index (χ2n) is 8.23. The number of benzene rings is 2. The molecule has 0 aliphatic carbocycles. The van der Waals surface area contributed by atoms with E-state index >= 15 is 0 Å². The summed E-state index contributed by atoms with van der Waals surface area (Å²) in [5.41, 5.74) is 7.97. The lowest BCUT2D eigenvalue weighted by Gasteiger charge is -2.20. The van der Waals surface area contributed by atoms with Gasteiger partial charge in [-0.2, -0.15) is 0 Å². The first kappa shape index (κ1) is 17.8. The lowest BCUT2D eigenvalue weighted by molar-refractivity contribution is 0.836. The van der Waals surface area contributed by atoms with Crippen molar-refractivity contribution in [3.8, 4) is 11.3 Å². The van der Waals surface area contributed by atoms with Crippen molar-refractivity contribution in [2.24, 2.45) is 0 Å². The first-order valence-corrected chi connectivity index (χ1v) is 10.2. The monoisotopic (exact) mass is 380 g/mol. The van der Waals surface area contributed by atoms with E-state index in [0.717, 1.165) is 33.1 Å². The van der Waals surface area contributed by atoms with Crippen molar-refractivity contribution < 1.29 is 0 Å². The first-order valence-electron chi connectivity index (χ1n) is 10.2. The molecular formula is C25H24N4. The minimum atomic E-state index is 0.414. The van der Waals surface area contributed by atoms with E-state index < -0.39 is 0 Å². The molecule has 4 heteroatoms. The lowest BCUT2D eigenvalue weighted by atomic mass is 9.87. The molecule has 0 amide bonds. The number of pyridine rings is 1. The highest BCUT2D eigenvalue weighted by Crippen LogP contribution is 2.38. The number of aromatic nitrogens is 4. The van der Waals surface area contributed by atoms with Crippen LogP contribution in [0.5, 0.6) is 0 Å². The zero-order valence-corrected chi connectivity index (χ0v) is 17.2. The number of fused-ring (bicyclic) bond motifs is 6. The van der Waals surface area contributed by atoms with Gasteiger partial charge in [-0.3, -0.25) is 4.40 Å². The molecule has 5 rings (SSSR count). The lowest BCUT2D eigenvalue weighted by Crippen LogP contribution is -2.03. The smallest absolute Gasteiger partial charge is 0.145 e. The average Bonchev–Trinajstić information content (AvgIpc) is 3.18. The highest BCUT2D eigenvalue weighted by molar-refractivity contribution is 6.10. The van der Waals surface area contributed by atoms with Gasteiger partial charge < -0.3 is 0 Å². The molecule has 0 aliphatic heterocycles. The Kier molecular flexibility index (Phi) is 4.09. The van der Waals surface area contributed by atoms with Gasteiger partial charge in [-0.15, -0.1) is 0 Å². The Morgan fingerprint density at radius 1 is 0.759 bits per heavy atom. The normalized spacial score (nSPS) is 12.1. The highest BCUT2D eigenvalue weighted by atomic mass is 15.0. The van der Waals surface area contributed by atoms with Gasteiger partial charge in [0.05, 0.1) is 29.1 Å². The summed E-state index contributed by atoms with van der Waals surface area (Å²) in [5.74, 6) is 0.828. The van der Waals surface area contributed by atoms with Crippen LogP contribution in [0, 0.1) is 0 Å². The van der Waals surface area contributed by atoms with Crippen LogP contribution in [0.15, 0.2) is 61.2 Å². The molecule has 0 saturated carbocycles. The van der Waals surface area contributed by atoms with Gasteiger partial charge in [-0.25, -0.2) is 15.0 Å². The Morgan fingerprint density at radius 3 is 2.14 bits per heavy atom. The van der Waals surface area contributed by atoms with E-state index in [0.29, 0.717) is 11.8 Å². The minimum absolute atomic E-state index is 0.414. The van der Waals surface area contributed by atoms with E-state index in [1.54, 1.807) is 6.33 Å². The molecule has 0 radical (unpaired) electrons. The quantitative estimate of drug-likeness (QED) is 0.343. The molecule has 3 aromatic heterocycles. The van der Waals surface area contributed by atoms with Crippen LogP contribution in [0.25, 0.3) is 38.7 Å². The maximum Gasteiger partial charge on any atom is 0.145 e. The number of hydrogen-bond donors (Lipinski definition) is 0. The summed E-state index contributed by atoms with van der Waals surface area (Å²) in [5, 5.41) is 2.22. The molecule has 0 spiro atoms. The molecule has 4 nitrogen and oxygen atoms in total. The third-order valence-electron chi connectivity index (χ3n) is 5.75. The van der Waals surface area contributed by atoms with Gasteiger partial charge in [0.25, 0.3) is 0 Å². The summed E-state index contributed by atoms with van der Waals surface area (Å²) in [7, 11) is 0. The van der Waals surface area contributed by atoms with Gasteiger partial charge >= 0.3 is 0 Å². The summed E-state index contributed by atoms with van der Waals surface area (Å²) < 4.78 is 2.24. The van der Waals surface area contributed by atoms with Gasteiger partial charge in [0.15, 0.2) is 0 Å². The van der Waals surface area contributed by atoms with Crippen molar-refractivity contribution in [3.05, 3.63) is 72.3 Å². The predicted octanol–water partition coefficient (Wildman–Crippen LogP) is 6.34. The molecular weight excluding hydrogens is 356 g/mol. The zero-order chi connectivity index (χ0) is 20.1. The zero-order valence-electron chi connectivity index (χ0n) is 17.2. The Bertz CT molecular complexity index is 1340. The van der Waals surface area contributed by atoms with Gasteiger partial charge in [0, 0.05) is 16.3 Å². The molecule has 0 atom stereocenters. The highest BCUT2D eigenvalue weighted by Gasteiger charge is 2.21. The van der Waals surface area contributed by atoms with E-state index in [1.807, 2.05) is 12.4 Å². The van der Waals surface area contributed by atoms with Crippen LogP contribution in [0.4, 0.5) is 0 Å². The SMILES string of the molecule is CC(C)c1cccc(C(C)C)c1-c1cnc2c3ccccc3c3ncncc3n12. The van der Waals surface area contributed by atoms with Crippen molar-refractivity contribution in [2.45, 2.75) is 39.5 Å². The Morgan fingerprint density at radius 2 is 1.45 bits per heavy atom. The maximum absolute atomic E-state index is 4.88. The second kappa shape index (κ2) is 6.66. The molecule has 0 N–H and O–H groups in total. The van der Waals surface area contributed by atoms with Crippen LogP contribution in [0.2, 0.25) is 0 Å². The van der Waals surface area contributed by atoms with E-state index in [9.17, 15) is 0 Å². The molecule has 0 fully saturated rings. The van der Waals surface area contributed by atoms with Crippen molar-refractivity contribution in [3.63, 3.8) is 0 Å². The standard InChI is InChI=1S/C25H24N4/c1-15(2)17-10-7-11-18(16(3)4)23(17)21-13-27-25-20-9-6-5-8-19(20)24-22(29(21)25)12-26-14-28-24/h5-16H,1-4H3. The molecule has 0 bridgehead atoms. The molecule has 144 valence electrons. The van der Waals surface area contributed by atoms with Crippen molar-refractivity contribution in [2.75, 3.05) is 0 Å². The van der Waals surface area contributed by atoms with Crippen molar-refractivity contribution in [1.29, 1.82) is 0 Å². The number of rotatable bonds is 3. The number of nitrogens with zero attached hydrogens (tertiary/aromatic N) is 4. The predicted molar refractivity (Wildman–Crippen MR) is 119 cm³/mol. The summed E-state index contributed by atoms with van der Waals surface area (Å²) in [6.45, 7) is 9.01. The van der Waals surface area contributed by atoms with Gasteiger partial charge in [-0.05, 0) is 23.0 Å². The first-order chi connectivity index (χ1) is 14.1. The average molecular weight is 380 g/mol. The molecule has 5 aromatic rings. The largest absolute Gasteiger partial charge is 0.289 e. The van der Waals surface area contributed by atoms with Crippen molar-refractivity contribution >= 4 is 27.5 Å². The molecule has 0 saturated heterocycles. The van der Waals surface area contributed by atoms with E-state index in [1.165, 1.54) is 16.7 Å². The van der Waals surface area contributed by atoms with Gasteiger partial charge in [0.2, 0.25) is 0 Å². The van der Waals surface area contributed by atoms with Gasteiger partial charge in [-0.1, -0.05) is 70.2 Å². The third-order valence-corrected chi connectivity index (χ3v) is 5.75. The van der Waals surface area contributed by atoms with E-state index in [-0.39, 0.29) is 0 Å². The Balaban J connectivity index is 2.00. The van der Waals surface area contributed by atoms with Crippen LogP contribution < -0.4 is 0 Å². The molecule has 3 heterocycles. The Labute approximate surface area is 170 Å². The summed E-state index contributed by atoms with van der Waals surface area (Å²) in [6, 6.07) is 15.0. The fourth-order valence-corrected chi connectivity index (χ4v) is 4.39. The van der Waals surface area contributed by atoms with Crippen LogP contribution in [-0.2, 0) is 0 Å². The Hall–Kier alpha value is -3.27. The number of hydrogen-bond acceptors (Lipinski definition) is 3. The van der Waals surface area contributed by atoms with E-state index in [4.69, 9.17) is 4.98 Å². The third kappa shape index (κ3) is 2.63. The summed E-state index contributed by atoms with van der Waals surface area (Å²) >= 11 is 0. The van der Waals surface area contributed by atoms with Crippen LogP contribution >= 0.6 is 0 Å². The molecule has 0 aliphatic rings. The maximum atomic E-state index is 4.88. The van der Waals surface area contributed by atoms with Crippen molar-refractivity contribution in [1.82, 2.24) is 19.4 Å². The van der Waals surface area contributed by atoms with Crippen LogP contribution in [0.1, 0.15) is 50.7 Å². The topological polar surface area (TPSA) is 43.1 Å².